The van der Waals surface area contributed by atoms with Gasteiger partial charge in [0.05, 0.1) is 6.26 Å². The molecular weight excluding hydrogens is 334 g/mol. The molecular formula is C18H23N5O3. The monoisotopic (exact) mass is 357 g/mol. The average Bonchev–Trinajstić information content (AvgIpc) is 3.20. The van der Waals surface area contributed by atoms with Gasteiger partial charge in [-0.15, -0.1) is 0 Å². The number of carbonyl (C=O) groups excluding carboxylic acids is 2. The van der Waals surface area contributed by atoms with Crippen molar-refractivity contribution in [1.29, 1.82) is 0 Å². The van der Waals surface area contributed by atoms with E-state index in [2.05, 4.69) is 29.1 Å². The summed E-state index contributed by atoms with van der Waals surface area (Å²) in [5.41, 5.74) is 0.358. The molecule has 8 heteroatoms. The molecule has 0 unspecified atom stereocenters. The Bertz CT molecular complexity index is 752. The van der Waals surface area contributed by atoms with Crippen molar-refractivity contribution in [1.82, 2.24) is 19.8 Å². The van der Waals surface area contributed by atoms with E-state index in [0.717, 1.165) is 6.54 Å². The van der Waals surface area contributed by atoms with E-state index in [4.69, 9.17) is 4.42 Å². The van der Waals surface area contributed by atoms with E-state index < -0.39 is 0 Å². The quantitative estimate of drug-likeness (QED) is 0.876. The van der Waals surface area contributed by atoms with E-state index in [-0.39, 0.29) is 11.8 Å². The predicted octanol–water partition coefficient (Wildman–Crippen LogP) is 1.74. The average molecular weight is 357 g/mol. The van der Waals surface area contributed by atoms with E-state index in [1.165, 1.54) is 6.26 Å². The van der Waals surface area contributed by atoms with Crippen LogP contribution in [0.25, 0.3) is 0 Å². The van der Waals surface area contributed by atoms with Crippen LogP contribution in [0.3, 0.4) is 0 Å². The van der Waals surface area contributed by atoms with Crippen LogP contribution in [0.1, 0.15) is 34.9 Å². The maximum Gasteiger partial charge on any atom is 0.289 e. The summed E-state index contributed by atoms with van der Waals surface area (Å²) < 4.78 is 5.15. The van der Waals surface area contributed by atoms with Crippen LogP contribution in [0, 0.1) is 5.92 Å². The highest BCUT2D eigenvalue weighted by Gasteiger charge is 2.27. The first kappa shape index (κ1) is 17.9. The highest BCUT2D eigenvalue weighted by Crippen LogP contribution is 2.12. The minimum Gasteiger partial charge on any atom is -0.459 e. The number of nitrogens with one attached hydrogen (secondary N) is 1. The van der Waals surface area contributed by atoms with Crippen molar-refractivity contribution in [2.45, 2.75) is 13.8 Å². The molecule has 0 atom stereocenters. The summed E-state index contributed by atoms with van der Waals surface area (Å²) in [4.78, 5) is 36.8. The first-order chi connectivity index (χ1) is 12.5. The fourth-order valence-corrected chi connectivity index (χ4v) is 2.69. The second kappa shape index (κ2) is 7.99. The summed E-state index contributed by atoms with van der Waals surface area (Å²) in [5.74, 6) is 0.935. The SMILES string of the molecule is CC(C)CNc1nccc(C(=O)N2CCN(C(=O)c3ccco3)CC2)n1. The molecule has 2 amide bonds. The molecule has 26 heavy (non-hydrogen) atoms. The number of rotatable bonds is 5. The van der Waals surface area contributed by atoms with Gasteiger partial charge in [0.15, 0.2) is 5.76 Å². The largest absolute Gasteiger partial charge is 0.459 e. The Morgan fingerprint density at radius 3 is 2.46 bits per heavy atom. The lowest BCUT2D eigenvalue weighted by Gasteiger charge is -2.34. The summed E-state index contributed by atoms with van der Waals surface area (Å²) >= 11 is 0. The van der Waals surface area contributed by atoms with Gasteiger partial charge >= 0.3 is 0 Å². The molecule has 3 heterocycles. The third kappa shape index (κ3) is 4.19. The lowest BCUT2D eigenvalue weighted by Crippen LogP contribution is -2.50. The van der Waals surface area contributed by atoms with Gasteiger partial charge in [-0.05, 0) is 24.1 Å². The van der Waals surface area contributed by atoms with Crippen molar-refractivity contribution < 1.29 is 14.0 Å². The van der Waals surface area contributed by atoms with Crippen LogP contribution in [0.15, 0.2) is 35.1 Å². The number of furan rings is 1. The van der Waals surface area contributed by atoms with Crippen LogP contribution in [0.2, 0.25) is 0 Å². The van der Waals surface area contributed by atoms with Crippen LogP contribution in [0.4, 0.5) is 5.95 Å². The number of hydrogen-bond donors (Lipinski definition) is 1. The van der Waals surface area contributed by atoms with Crippen molar-refractivity contribution in [3.63, 3.8) is 0 Å². The Kier molecular flexibility index (Phi) is 5.50. The number of amides is 2. The summed E-state index contributed by atoms with van der Waals surface area (Å²) in [5, 5.41) is 3.12. The summed E-state index contributed by atoms with van der Waals surface area (Å²) in [6.07, 6.45) is 3.06. The molecule has 0 aromatic carbocycles. The van der Waals surface area contributed by atoms with Crippen LogP contribution in [0.5, 0.6) is 0 Å². The molecule has 1 aliphatic rings. The summed E-state index contributed by atoms with van der Waals surface area (Å²) in [6.45, 7) is 6.78. The molecule has 1 fully saturated rings. The minimum atomic E-state index is -0.149. The highest BCUT2D eigenvalue weighted by molar-refractivity contribution is 5.93. The Hall–Kier alpha value is -2.90. The van der Waals surface area contributed by atoms with Crippen LogP contribution in [-0.4, -0.2) is 64.3 Å². The summed E-state index contributed by atoms with van der Waals surface area (Å²) in [7, 11) is 0. The third-order valence-electron chi connectivity index (χ3n) is 4.13. The van der Waals surface area contributed by atoms with Gasteiger partial charge in [0, 0.05) is 38.9 Å². The molecule has 2 aromatic heterocycles. The van der Waals surface area contributed by atoms with Gasteiger partial charge in [-0.3, -0.25) is 9.59 Å². The molecule has 1 aliphatic heterocycles. The van der Waals surface area contributed by atoms with Crippen molar-refractivity contribution in [3.8, 4) is 0 Å². The Labute approximate surface area is 152 Å². The second-order valence-corrected chi connectivity index (χ2v) is 6.60. The van der Waals surface area contributed by atoms with Gasteiger partial charge in [-0.25, -0.2) is 9.97 Å². The number of hydrogen-bond acceptors (Lipinski definition) is 6. The van der Waals surface area contributed by atoms with Crippen molar-refractivity contribution in [2.24, 2.45) is 5.92 Å². The Morgan fingerprint density at radius 2 is 1.85 bits per heavy atom. The Balaban J connectivity index is 1.58. The van der Waals surface area contributed by atoms with Crippen LogP contribution < -0.4 is 5.32 Å². The molecule has 1 N–H and O–H groups in total. The first-order valence-corrected chi connectivity index (χ1v) is 8.73. The molecule has 1 saturated heterocycles. The van der Waals surface area contributed by atoms with E-state index >= 15 is 0 Å². The predicted molar refractivity (Wildman–Crippen MR) is 95.9 cm³/mol. The smallest absolute Gasteiger partial charge is 0.289 e. The molecule has 0 aliphatic carbocycles. The Morgan fingerprint density at radius 1 is 1.15 bits per heavy atom. The van der Waals surface area contributed by atoms with Crippen LogP contribution >= 0.6 is 0 Å². The van der Waals surface area contributed by atoms with Crippen molar-refractivity contribution in [2.75, 3.05) is 38.0 Å². The molecule has 0 saturated carbocycles. The lowest BCUT2D eigenvalue weighted by atomic mass is 10.2. The minimum absolute atomic E-state index is 0.148. The van der Waals surface area contributed by atoms with Gasteiger partial charge < -0.3 is 19.5 Å². The number of carbonyl (C=O) groups is 2. The topological polar surface area (TPSA) is 91.6 Å². The van der Waals surface area contributed by atoms with E-state index in [0.29, 0.717) is 49.5 Å². The highest BCUT2D eigenvalue weighted by atomic mass is 16.3. The molecule has 2 aromatic rings. The van der Waals surface area contributed by atoms with E-state index in [1.54, 1.807) is 34.2 Å². The molecule has 0 spiro atoms. The fraction of sp³-hybridized carbons (Fsp3) is 0.444. The van der Waals surface area contributed by atoms with Gasteiger partial charge in [-0.2, -0.15) is 0 Å². The zero-order valence-corrected chi connectivity index (χ0v) is 15.0. The molecule has 0 radical (unpaired) electrons. The van der Waals surface area contributed by atoms with E-state index in [9.17, 15) is 9.59 Å². The van der Waals surface area contributed by atoms with Crippen molar-refractivity contribution >= 4 is 17.8 Å². The van der Waals surface area contributed by atoms with Gasteiger partial charge in [-0.1, -0.05) is 13.8 Å². The standard InChI is InChI=1S/C18H23N5O3/c1-13(2)12-20-18-19-6-5-14(21-18)16(24)22-7-9-23(10-8-22)17(25)15-4-3-11-26-15/h3-6,11,13H,7-10,12H2,1-2H3,(H,19,20,21). The fourth-order valence-electron chi connectivity index (χ4n) is 2.69. The maximum absolute atomic E-state index is 12.7. The van der Waals surface area contributed by atoms with E-state index in [1.807, 2.05) is 0 Å². The zero-order valence-electron chi connectivity index (χ0n) is 15.0. The number of piperazine rings is 1. The van der Waals surface area contributed by atoms with Crippen molar-refractivity contribution in [3.05, 3.63) is 42.1 Å². The van der Waals surface area contributed by atoms with Gasteiger partial charge in [0.2, 0.25) is 5.95 Å². The summed E-state index contributed by atoms with van der Waals surface area (Å²) in [6, 6.07) is 4.95. The van der Waals surface area contributed by atoms with Gasteiger partial charge in [0.25, 0.3) is 11.8 Å². The first-order valence-electron chi connectivity index (χ1n) is 8.73. The zero-order chi connectivity index (χ0) is 18.5. The molecule has 138 valence electrons. The molecule has 3 rings (SSSR count). The molecule has 0 bridgehead atoms. The van der Waals surface area contributed by atoms with Crippen LogP contribution in [-0.2, 0) is 0 Å². The number of aromatic nitrogens is 2. The second-order valence-electron chi connectivity index (χ2n) is 6.60. The third-order valence-corrected chi connectivity index (χ3v) is 4.13. The maximum atomic E-state index is 12.7. The number of nitrogens with zero attached hydrogens (tertiary/aromatic N) is 4. The van der Waals surface area contributed by atoms with Gasteiger partial charge in [0.1, 0.15) is 5.69 Å². The normalized spacial score (nSPS) is 14.6. The molecule has 8 nitrogen and oxygen atoms in total. The number of anilines is 1. The lowest BCUT2D eigenvalue weighted by molar-refractivity contribution is 0.0515.